The zero-order chi connectivity index (χ0) is 12.9. The van der Waals surface area contributed by atoms with Gasteiger partial charge in [0.1, 0.15) is 5.60 Å². The maximum absolute atomic E-state index is 11.2. The van der Waals surface area contributed by atoms with Gasteiger partial charge in [0.25, 0.3) is 0 Å². The molecule has 0 spiro atoms. The summed E-state index contributed by atoms with van der Waals surface area (Å²) >= 11 is 0. The van der Waals surface area contributed by atoms with Crippen molar-refractivity contribution >= 4 is 12.3 Å². The highest BCUT2D eigenvalue weighted by Crippen LogP contribution is 2.06. The maximum atomic E-state index is 11.2. The third-order valence-corrected chi connectivity index (χ3v) is 1.66. The molecule has 1 aromatic heterocycles. The van der Waals surface area contributed by atoms with E-state index in [9.17, 15) is 4.79 Å². The molecule has 0 aliphatic rings. The Morgan fingerprint density at radius 1 is 1.47 bits per heavy atom. The fourth-order valence-corrected chi connectivity index (χ4v) is 1.09. The molecule has 0 fully saturated rings. The summed E-state index contributed by atoms with van der Waals surface area (Å²) in [6.07, 6.45) is 0.887. The van der Waals surface area contributed by atoms with E-state index in [1.54, 1.807) is 26.8 Å². The van der Waals surface area contributed by atoms with Crippen LogP contribution in [0.5, 0.6) is 0 Å². The number of hydrogen-bond acceptors (Lipinski definition) is 4. The predicted octanol–water partition coefficient (Wildman–Crippen LogP) is 2.25. The van der Waals surface area contributed by atoms with E-state index in [1.165, 1.54) is 6.21 Å². The number of ether oxygens (including phenoxy) is 1. The van der Waals surface area contributed by atoms with Crippen LogP contribution in [0.25, 0.3) is 0 Å². The standard InChI is InChI=1S/C12H17N3O2/c1-9-6-5-7-10(14-9)8-13-15-11(16)17-12(2,3)4/h5-8H,1-4H3,(H,15,16). The van der Waals surface area contributed by atoms with E-state index in [4.69, 9.17) is 4.74 Å². The molecule has 1 heterocycles. The normalized spacial score (nSPS) is 11.5. The molecule has 92 valence electrons. The van der Waals surface area contributed by atoms with Gasteiger partial charge in [-0.1, -0.05) is 6.07 Å². The molecule has 1 rings (SSSR count). The van der Waals surface area contributed by atoms with Crippen LogP contribution in [0.2, 0.25) is 0 Å². The molecule has 1 N–H and O–H groups in total. The van der Waals surface area contributed by atoms with E-state index in [0.717, 1.165) is 5.69 Å². The summed E-state index contributed by atoms with van der Waals surface area (Å²) in [5.74, 6) is 0. The van der Waals surface area contributed by atoms with Gasteiger partial charge in [-0.25, -0.2) is 10.2 Å². The van der Waals surface area contributed by atoms with Crippen LogP contribution >= 0.6 is 0 Å². The highest BCUT2D eigenvalue weighted by atomic mass is 16.6. The average molecular weight is 235 g/mol. The molecule has 5 heteroatoms. The Labute approximate surface area is 101 Å². The lowest BCUT2D eigenvalue weighted by molar-refractivity contribution is 0.0529. The summed E-state index contributed by atoms with van der Waals surface area (Å²) in [5.41, 5.74) is 3.33. The minimum absolute atomic E-state index is 0.527. The number of carbonyl (C=O) groups is 1. The molecule has 1 amide bonds. The third kappa shape index (κ3) is 5.65. The summed E-state index contributed by atoms with van der Waals surface area (Å²) < 4.78 is 5.02. The number of carbonyl (C=O) groups excluding carboxylic acids is 1. The molecule has 0 atom stereocenters. The third-order valence-electron chi connectivity index (χ3n) is 1.66. The Balaban J connectivity index is 2.48. The number of rotatable bonds is 2. The lowest BCUT2D eigenvalue weighted by atomic mass is 10.2. The first-order chi connectivity index (χ1) is 7.87. The van der Waals surface area contributed by atoms with Crippen LogP contribution in [0.3, 0.4) is 0 Å². The van der Waals surface area contributed by atoms with Crippen LogP contribution in [0.15, 0.2) is 23.3 Å². The van der Waals surface area contributed by atoms with Crippen molar-refractivity contribution in [2.75, 3.05) is 0 Å². The van der Waals surface area contributed by atoms with Crippen LogP contribution in [0, 0.1) is 6.92 Å². The van der Waals surface area contributed by atoms with Crippen molar-refractivity contribution in [1.29, 1.82) is 0 Å². The summed E-state index contributed by atoms with van der Waals surface area (Å²) in [6.45, 7) is 7.26. The molecule has 0 saturated heterocycles. The lowest BCUT2D eigenvalue weighted by Gasteiger charge is -2.18. The van der Waals surface area contributed by atoms with Gasteiger partial charge in [0.2, 0.25) is 0 Å². The Bertz CT molecular complexity index is 422. The average Bonchev–Trinajstić information content (AvgIpc) is 2.14. The second-order valence-electron chi connectivity index (χ2n) is 4.58. The first kappa shape index (κ1) is 13.2. The lowest BCUT2D eigenvalue weighted by Crippen LogP contribution is -2.29. The van der Waals surface area contributed by atoms with Crippen LogP contribution in [0.4, 0.5) is 4.79 Å². The van der Waals surface area contributed by atoms with Crippen LogP contribution in [-0.4, -0.2) is 22.9 Å². The van der Waals surface area contributed by atoms with Crippen molar-refractivity contribution < 1.29 is 9.53 Å². The smallest absolute Gasteiger partial charge is 0.428 e. The molecular formula is C12H17N3O2. The van der Waals surface area contributed by atoms with E-state index in [1.807, 2.05) is 19.1 Å². The maximum Gasteiger partial charge on any atom is 0.428 e. The van der Waals surface area contributed by atoms with Crippen molar-refractivity contribution in [3.05, 3.63) is 29.6 Å². The first-order valence-electron chi connectivity index (χ1n) is 5.32. The van der Waals surface area contributed by atoms with Crippen LogP contribution in [0.1, 0.15) is 32.2 Å². The van der Waals surface area contributed by atoms with Gasteiger partial charge in [-0.05, 0) is 39.8 Å². The minimum Gasteiger partial charge on any atom is -0.443 e. The van der Waals surface area contributed by atoms with Gasteiger partial charge in [0, 0.05) is 5.69 Å². The largest absolute Gasteiger partial charge is 0.443 e. The minimum atomic E-state index is -0.582. The van der Waals surface area contributed by atoms with E-state index < -0.39 is 11.7 Å². The molecule has 0 bridgehead atoms. The second kappa shape index (κ2) is 5.43. The number of pyridine rings is 1. The van der Waals surface area contributed by atoms with Gasteiger partial charge >= 0.3 is 6.09 Å². The second-order valence-corrected chi connectivity index (χ2v) is 4.58. The fourth-order valence-electron chi connectivity index (χ4n) is 1.09. The Kier molecular flexibility index (Phi) is 4.20. The summed E-state index contributed by atoms with van der Waals surface area (Å²) in [7, 11) is 0. The number of nitrogens with one attached hydrogen (secondary N) is 1. The van der Waals surface area contributed by atoms with Gasteiger partial charge in [-0.2, -0.15) is 5.10 Å². The van der Waals surface area contributed by atoms with Gasteiger partial charge in [0.15, 0.2) is 0 Å². The molecule has 0 aliphatic heterocycles. The fraction of sp³-hybridized carbons (Fsp3) is 0.417. The van der Waals surface area contributed by atoms with E-state index >= 15 is 0 Å². The van der Waals surface area contributed by atoms with Crippen molar-refractivity contribution in [2.24, 2.45) is 5.10 Å². The Hall–Kier alpha value is -1.91. The Morgan fingerprint density at radius 3 is 2.76 bits per heavy atom. The number of hydrazone groups is 1. The molecule has 17 heavy (non-hydrogen) atoms. The highest BCUT2D eigenvalue weighted by Gasteiger charge is 2.15. The van der Waals surface area contributed by atoms with E-state index in [2.05, 4.69) is 15.5 Å². The molecule has 1 aromatic rings. The number of aromatic nitrogens is 1. The first-order valence-corrected chi connectivity index (χ1v) is 5.32. The van der Waals surface area contributed by atoms with Crippen molar-refractivity contribution in [2.45, 2.75) is 33.3 Å². The summed E-state index contributed by atoms with van der Waals surface area (Å²) in [5, 5.41) is 3.75. The predicted molar refractivity (Wildman–Crippen MR) is 65.9 cm³/mol. The summed E-state index contributed by atoms with van der Waals surface area (Å²) in [6, 6.07) is 5.56. The van der Waals surface area contributed by atoms with Gasteiger partial charge < -0.3 is 4.74 Å². The molecule has 0 radical (unpaired) electrons. The molecule has 0 aliphatic carbocycles. The molecule has 0 saturated carbocycles. The van der Waals surface area contributed by atoms with E-state index in [-0.39, 0.29) is 0 Å². The van der Waals surface area contributed by atoms with Crippen molar-refractivity contribution in [3.8, 4) is 0 Å². The summed E-state index contributed by atoms with van der Waals surface area (Å²) in [4.78, 5) is 15.5. The number of nitrogens with zero attached hydrogens (tertiary/aromatic N) is 2. The zero-order valence-electron chi connectivity index (χ0n) is 10.5. The van der Waals surface area contributed by atoms with Crippen molar-refractivity contribution in [1.82, 2.24) is 10.4 Å². The van der Waals surface area contributed by atoms with Crippen LogP contribution < -0.4 is 5.43 Å². The number of amides is 1. The van der Waals surface area contributed by atoms with Gasteiger partial charge in [-0.15, -0.1) is 0 Å². The van der Waals surface area contributed by atoms with E-state index in [0.29, 0.717) is 5.69 Å². The van der Waals surface area contributed by atoms with Crippen LogP contribution in [-0.2, 0) is 4.74 Å². The number of hydrogen-bond donors (Lipinski definition) is 1. The zero-order valence-corrected chi connectivity index (χ0v) is 10.5. The van der Waals surface area contributed by atoms with Gasteiger partial charge in [0.05, 0.1) is 11.9 Å². The molecule has 5 nitrogen and oxygen atoms in total. The Morgan fingerprint density at radius 2 is 2.18 bits per heavy atom. The van der Waals surface area contributed by atoms with Crippen molar-refractivity contribution in [3.63, 3.8) is 0 Å². The topological polar surface area (TPSA) is 63.6 Å². The quantitative estimate of drug-likeness (QED) is 0.631. The van der Waals surface area contributed by atoms with Gasteiger partial charge in [-0.3, -0.25) is 4.98 Å². The molecular weight excluding hydrogens is 218 g/mol. The molecule has 0 aromatic carbocycles. The monoisotopic (exact) mass is 235 g/mol. The SMILES string of the molecule is Cc1cccc(C=NNC(=O)OC(C)(C)C)n1. The molecule has 0 unspecified atom stereocenters. The highest BCUT2D eigenvalue weighted by molar-refractivity contribution is 5.78. The number of aryl methyl sites for hydroxylation is 1.